The Balaban J connectivity index is 3.40. The molecule has 90 valence electrons. The third kappa shape index (κ3) is 7.33. The van der Waals surface area contributed by atoms with Gasteiger partial charge >= 0.3 is 5.97 Å². The molecule has 3 N–H and O–H groups in total. The Bertz CT molecular complexity index is 172. The maximum atomic E-state index is 10.8. The number of carbonyl (C=O) groups is 1. The number of nitrogens with one attached hydrogen (secondary N) is 1. The van der Waals surface area contributed by atoms with Crippen LogP contribution in [0.2, 0.25) is 0 Å². The Kier molecular flexibility index (Phi) is 8.33. The van der Waals surface area contributed by atoms with Crippen LogP contribution in [0.15, 0.2) is 0 Å². The normalized spacial score (nSPS) is 12.9. The molecule has 1 unspecified atom stereocenters. The van der Waals surface area contributed by atoms with Gasteiger partial charge in [-0.2, -0.15) is 0 Å². The van der Waals surface area contributed by atoms with Crippen molar-refractivity contribution in [1.29, 1.82) is 0 Å². The van der Waals surface area contributed by atoms with Crippen molar-refractivity contribution in [2.45, 2.75) is 26.7 Å². The summed E-state index contributed by atoms with van der Waals surface area (Å²) >= 11 is 0. The van der Waals surface area contributed by atoms with E-state index in [9.17, 15) is 4.79 Å². The lowest BCUT2D eigenvalue weighted by molar-refractivity contribution is -0.140. The molecule has 0 bridgehead atoms. The molecule has 0 aromatic carbocycles. The van der Waals surface area contributed by atoms with Crippen LogP contribution in [-0.2, 0) is 9.53 Å². The molecule has 0 aliphatic carbocycles. The quantitative estimate of drug-likeness (QED) is 0.464. The largest absolute Gasteiger partial charge is 0.469 e. The first-order valence-electron chi connectivity index (χ1n) is 5.59. The molecule has 0 aromatic heterocycles. The third-order valence-electron chi connectivity index (χ3n) is 2.61. The van der Waals surface area contributed by atoms with Gasteiger partial charge in [0, 0.05) is 6.42 Å². The van der Waals surface area contributed by atoms with E-state index >= 15 is 0 Å². The number of hydrogen-bond donors (Lipinski definition) is 2. The molecule has 0 fully saturated rings. The minimum atomic E-state index is -0.143. The van der Waals surface area contributed by atoms with Crippen LogP contribution in [0, 0.1) is 11.8 Å². The van der Waals surface area contributed by atoms with Crippen LogP contribution in [0.1, 0.15) is 26.7 Å². The van der Waals surface area contributed by atoms with Gasteiger partial charge in [-0.3, -0.25) is 4.79 Å². The molecule has 0 aliphatic heterocycles. The number of esters is 1. The average Bonchev–Trinajstić information content (AvgIpc) is 2.22. The van der Waals surface area contributed by atoms with Gasteiger partial charge in [0.25, 0.3) is 0 Å². The zero-order chi connectivity index (χ0) is 11.7. The summed E-state index contributed by atoms with van der Waals surface area (Å²) in [7, 11) is 1.42. The van der Waals surface area contributed by atoms with Gasteiger partial charge in [-0.15, -0.1) is 0 Å². The second-order valence-corrected chi connectivity index (χ2v) is 4.12. The second-order valence-electron chi connectivity index (χ2n) is 4.12. The summed E-state index contributed by atoms with van der Waals surface area (Å²) in [5, 5.41) is 3.31. The van der Waals surface area contributed by atoms with Gasteiger partial charge in [0.15, 0.2) is 0 Å². The third-order valence-corrected chi connectivity index (χ3v) is 2.61. The van der Waals surface area contributed by atoms with Gasteiger partial charge in [-0.1, -0.05) is 13.8 Å². The Labute approximate surface area is 92.6 Å². The van der Waals surface area contributed by atoms with E-state index in [1.54, 1.807) is 0 Å². The van der Waals surface area contributed by atoms with E-state index in [0.717, 1.165) is 19.5 Å². The van der Waals surface area contributed by atoms with Crippen LogP contribution in [0.4, 0.5) is 0 Å². The predicted molar refractivity (Wildman–Crippen MR) is 61.5 cm³/mol. The first kappa shape index (κ1) is 14.4. The summed E-state index contributed by atoms with van der Waals surface area (Å²) in [4.78, 5) is 10.8. The molecule has 0 saturated heterocycles. The highest BCUT2D eigenvalue weighted by molar-refractivity contribution is 5.68. The van der Waals surface area contributed by atoms with Crippen molar-refractivity contribution in [3.05, 3.63) is 0 Å². The predicted octanol–water partition coefficient (Wildman–Crippen LogP) is 0.760. The Morgan fingerprint density at radius 2 is 2.13 bits per heavy atom. The van der Waals surface area contributed by atoms with Crippen molar-refractivity contribution < 1.29 is 9.53 Å². The van der Waals surface area contributed by atoms with Gasteiger partial charge in [-0.05, 0) is 37.9 Å². The van der Waals surface area contributed by atoms with Crippen molar-refractivity contribution >= 4 is 5.97 Å². The minimum Gasteiger partial charge on any atom is -0.469 e. The highest BCUT2D eigenvalue weighted by atomic mass is 16.5. The van der Waals surface area contributed by atoms with Crippen molar-refractivity contribution in [3.8, 4) is 0 Å². The molecule has 4 heteroatoms. The first-order chi connectivity index (χ1) is 7.11. The van der Waals surface area contributed by atoms with E-state index < -0.39 is 0 Å². The van der Waals surface area contributed by atoms with Crippen LogP contribution in [0.5, 0.6) is 0 Å². The molecular formula is C11H24N2O2. The molecule has 0 radical (unpaired) electrons. The second kappa shape index (κ2) is 8.68. The molecule has 15 heavy (non-hydrogen) atoms. The lowest BCUT2D eigenvalue weighted by Crippen LogP contribution is -2.32. The average molecular weight is 216 g/mol. The number of carbonyl (C=O) groups excluding carboxylic acids is 1. The fraction of sp³-hybridized carbons (Fsp3) is 0.909. The summed E-state index contributed by atoms with van der Waals surface area (Å²) in [5.74, 6) is 0.974. The first-order valence-corrected chi connectivity index (χ1v) is 5.59. The van der Waals surface area contributed by atoms with Gasteiger partial charge in [0.05, 0.1) is 7.11 Å². The standard InChI is InChI=1S/C11H24N2O2/c1-9(2)10(7-12)8-13-6-4-5-11(14)15-3/h9-10,13H,4-8,12H2,1-3H3. The van der Waals surface area contributed by atoms with Crippen LogP contribution >= 0.6 is 0 Å². The maximum absolute atomic E-state index is 10.8. The van der Waals surface area contributed by atoms with Crippen molar-refractivity contribution in [2.24, 2.45) is 17.6 Å². The summed E-state index contributed by atoms with van der Waals surface area (Å²) < 4.78 is 4.55. The highest BCUT2D eigenvalue weighted by Gasteiger charge is 2.10. The van der Waals surface area contributed by atoms with E-state index in [-0.39, 0.29) is 5.97 Å². The van der Waals surface area contributed by atoms with Crippen molar-refractivity contribution in [1.82, 2.24) is 5.32 Å². The number of methoxy groups -OCH3 is 1. The summed E-state index contributed by atoms with van der Waals surface area (Å²) in [6.07, 6.45) is 1.31. The van der Waals surface area contributed by atoms with Crippen LogP contribution < -0.4 is 11.1 Å². The molecule has 0 saturated carbocycles. The molecule has 0 aliphatic rings. The van der Waals surface area contributed by atoms with E-state index in [0.29, 0.717) is 24.8 Å². The van der Waals surface area contributed by atoms with E-state index in [1.165, 1.54) is 7.11 Å². The molecule has 1 atom stereocenters. The molecule has 0 aromatic rings. The lowest BCUT2D eigenvalue weighted by Gasteiger charge is -2.19. The van der Waals surface area contributed by atoms with E-state index in [2.05, 4.69) is 23.9 Å². The number of ether oxygens (including phenoxy) is 1. The zero-order valence-corrected chi connectivity index (χ0v) is 10.1. The fourth-order valence-corrected chi connectivity index (χ4v) is 1.34. The molecular weight excluding hydrogens is 192 g/mol. The molecule has 0 rings (SSSR count). The van der Waals surface area contributed by atoms with Crippen molar-refractivity contribution in [2.75, 3.05) is 26.7 Å². The number of rotatable bonds is 8. The summed E-state index contributed by atoms with van der Waals surface area (Å²) in [5.41, 5.74) is 5.64. The van der Waals surface area contributed by atoms with Crippen LogP contribution in [-0.4, -0.2) is 32.7 Å². The molecule has 0 spiro atoms. The summed E-state index contributed by atoms with van der Waals surface area (Å²) in [6.45, 7) is 6.83. The number of hydrogen-bond acceptors (Lipinski definition) is 4. The van der Waals surface area contributed by atoms with Gasteiger partial charge < -0.3 is 15.8 Å². The van der Waals surface area contributed by atoms with Gasteiger partial charge in [-0.25, -0.2) is 0 Å². The Hall–Kier alpha value is -0.610. The zero-order valence-electron chi connectivity index (χ0n) is 10.1. The van der Waals surface area contributed by atoms with Crippen LogP contribution in [0.3, 0.4) is 0 Å². The smallest absolute Gasteiger partial charge is 0.305 e. The summed E-state index contributed by atoms with van der Waals surface area (Å²) in [6, 6.07) is 0. The monoisotopic (exact) mass is 216 g/mol. The van der Waals surface area contributed by atoms with Gasteiger partial charge in [0.1, 0.15) is 0 Å². The molecule has 0 amide bonds. The number of nitrogens with two attached hydrogens (primary N) is 1. The Morgan fingerprint density at radius 3 is 2.60 bits per heavy atom. The highest BCUT2D eigenvalue weighted by Crippen LogP contribution is 2.07. The van der Waals surface area contributed by atoms with E-state index in [4.69, 9.17) is 5.73 Å². The van der Waals surface area contributed by atoms with Crippen molar-refractivity contribution in [3.63, 3.8) is 0 Å². The maximum Gasteiger partial charge on any atom is 0.305 e. The van der Waals surface area contributed by atoms with E-state index in [1.807, 2.05) is 0 Å². The SMILES string of the molecule is COC(=O)CCCNCC(CN)C(C)C. The molecule has 0 heterocycles. The minimum absolute atomic E-state index is 0.143. The van der Waals surface area contributed by atoms with Gasteiger partial charge in [0.2, 0.25) is 0 Å². The lowest BCUT2D eigenvalue weighted by atomic mass is 9.96. The molecule has 4 nitrogen and oxygen atoms in total. The fourth-order valence-electron chi connectivity index (χ4n) is 1.34. The Morgan fingerprint density at radius 1 is 1.47 bits per heavy atom. The van der Waals surface area contributed by atoms with Crippen LogP contribution in [0.25, 0.3) is 0 Å². The topological polar surface area (TPSA) is 64.3 Å².